The average molecular weight is 382 g/mol. The van der Waals surface area contributed by atoms with Crippen molar-refractivity contribution in [3.63, 3.8) is 0 Å². The summed E-state index contributed by atoms with van der Waals surface area (Å²) >= 11 is 1.60. The molecule has 0 bridgehead atoms. The second-order valence-electron chi connectivity index (χ2n) is 6.07. The van der Waals surface area contributed by atoms with Crippen molar-refractivity contribution < 1.29 is 8.78 Å². The first-order valence-electron chi connectivity index (χ1n) is 8.46. The maximum Gasteiger partial charge on any atom is 0.164 e. The number of thioether (sulfide) groups is 1. The quantitative estimate of drug-likeness (QED) is 0.364. The molecule has 4 aromatic rings. The molecule has 4 nitrogen and oxygen atoms in total. The van der Waals surface area contributed by atoms with Gasteiger partial charge in [0.15, 0.2) is 5.65 Å². The molecule has 4 rings (SSSR count). The fraction of sp³-hybridized carbons (Fsp3) is 0.150. The highest BCUT2D eigenvalue weighted by atomic mass is 32.2. The number of aromatic nitrogens is 4. The third-order valence-corrected chi connectivity index (χ3v) is 5.16. The van der Waals surface area contributed by atoms with E-state index < -0.39 is 0 Å². The minimum absolute atomic E-state index is 0.226. The first-order valence-corrected chi connectivity index (χ1v) is 9.45. The first kappa shape index (κ1) is 17.6. The molecule has 0 fully saturated rings. The molecule has 0 spiro atoms. The van der Waals surface area contributed by atoms with Crippen molar-refractivity contribution in [3.05, 3.63) is 83.9 Å². The van der Waals surface area contributed by atoms with Crippen LogP contribution >= 0.6 is 11.8 Å². The van der Waals surface area contributed by atoms with Crippen LogP contribution in [0, 0.1) is 11.6 Å². The van der Waals surface area contributed by atoms with Gasteiger partial charge in [0, 0.05) is 5.75 Å². The van der Waals surface area contributed by atoms with Crippen LogP contribution in [0.5, 0.6) is 0 Å². The number of hydrogen-bond acceptors (Lipinski definition) is 4. The van der Waals surface area contributed by atoms with Gasteiger partial charge in [-0.3, -0.25) is 0 Å². The lowest BCUT2D eigenvalue weighted by molar-refractivity contribution is 0.626. The third-order valence-electron chi connectivity index (χ3n) is 4.18. The molecule has 2 heterocycles. The van der Waals surface area contributed by atoms with Crippen LogP contribution in [0.25, 0.3) is 11.2 Å². The summed E-state index contributed by atoms with van der Waals surface area (Å²) in [6.07, 6.45) is 4.07. The zero-order valence-electron chi connectivity index (χ0n) is 14.3. The molecule has 27 heavy (non-hydrogen) atoms. The van der Waals surface area contributed by atoms with Gasteiger partial charge in [-0.05, 0) is 41.8 Å². The molecule has 2 aromatic heterocycles. The lowest BCUT2D eigenvalue weighted by Crippen LogP contribution is -2.00. The van der Waals surface area contributed by atoms with E-state index in [0.717, 1.165) is 39.5 Å². The second-order valence-corrected chi connectivity index (χ2v) is 7.16. The number of nitrogens with zero attached hydrogens (tertiary/aromatic N) is 4. The predicted octanol–water partition coefficient (Wildman–Crippen LogP) is 4.49. The van der Waals surface area contributed by atoms with Crippen LogP contribution in [0.1, 0.15) is 11.1 Å². The Bertz CT molecular complexity index is 1050. The van der Waals surface area contributed by atoms with Gasteiger partial charge in [-0.2, -0.15) is 0 Å². The molecule has 0 N–H and O–H groups in total. The maximum absolute atomic E-state index is 13.1. The Hall–Kier alpha value is -2.80. The van der Waals surface area contributed by atoms with Crippen LogP contribution in [0.4, 0.5) is 8.78 Å². The van der Waals surface area contributed by atoms with E-state index in [1.54, 1.807) is 42.4 Å². The van der Waals surface area contributed by atoms with Crippen LogP contribution in [-0.2, 0) is 13.0 Å². The van der Waals surface area contributed by atoms with E-state index in [2.05, 4.69) is 15.0 Å². The van der Waals surface area contributed by atoms with E-state index in [1.807, 2.05) is 4.57 Å². The highest BCUT2D eigenvalue weighted by Crippen LogP contribution is 2.24. The van der Waals surface area contributed by atoms with Crippen molar-refractivity contribution in [1.82, 2.24) is 19.5 Å². The topological polar surface area (TPSA) is 43.6 Å². The Morgan fingerprint density at radius 3 is 2.19 bits per heavy atom. The van der Waals surface area contributed by atoms with E-state index in [1.165, 1.54) is 30.6 Å². The SMILES string of the molecule is Fc1ccc(CCSc2ncnc3c2ncn3Cc2ccc(F)cc2)cc1. The molecular weight excluding hydrogens is 366 g/mol. The summed E-state index contributed by atoms with van der Waals surface area (Å²) in [4.78, 5) is 13.2. The van der Waals surface area contributed by atoms with Gasteiger partial charge in [-0.25, -0.2) is 23.7 Å². The molecule has 0 unspecified atom stereocenters. The molecule has 0 amide bonds. The second kappa shape index (κ2) is 7.84. The van der Waals surface area contributed by atoms with Gasteiger partial charge in [0.1, 0.15) is 28.5 Å². The van der Waals surface area contributed by atoms with Gasteiger partial charge in [0.2, 0.25) is 0 Å². The molecule has 0 saturated heterocycles. The number of aryl methyl sites for hydroxylation is 1. The summed E-state index contributed by atoms with van der Waals surface area (Å²) in [6.45, 7) is 0.563. The van der Waals surface area contributed by atoms with E-state index in [0.29, 0.717) is 6.54 Å². The number of hydrogen-bond donors (Lipinski definition) is 0. The van der Waals surface area contributed by atoms with Crippen LogP contribution in [0.2, 0.25) is 0 Å². The Labute approximate surface area is 159 Å². The summed E-state index contributed by atoms with van der Waals surface area (Å²) in [5.74, 6) is 0.328. The van der Waals surface area contributed by atoms with Crippen molar-refractivity contribution in [3.8, 4) is 0 Å². The number of imidazole rings is 1. The van der Waals surface area contributed by atoms with Crippen molar-refractivity contribution in [2.45, 2.75) is 18.0 Å². The number of halogens is 2. The van der Waals surface area contributed by atoms with Crippen molar-refractivity contribution in [2.75, 3.05) is 5.75 Å². The maximum atomic E-state index is 13.1. The van der Waals surface area contributed by atoms with Crippen LogP contribution in [0.3, 0.4) is 0 Å². The minimum atomic E-state index is -0.253. The summed E-state index contributed by atoms with van der Waals surface area (Å²) in [5, 5.41) is 0.819. The van der Waals surface area contributed by atoms with Crippen molar-refractivity contribution >= 4 is 22.9 Å². The smallest absolute Gasteiger partial charge is 0.164 e. The Morgan fingerprint density at radius 2 is 1.48 bits per heavy atom. The molecule has 2 aromatic carbocycles. The molecule has 0 aliphatic heterocycles. The van der Waals surface area contributed by atoms with Gasteiger partial charge in [-0.15, -0.1) is 11.8 Å². The molecular formula is C20H16F2N4S. The fourth-order valence-electron chi connectivity index (χ4n) is 2.78. The minimum Gasteiger partial charge on any atom is -0.311 e. The van der Waals surface area contributed by atoms with Crippen molar-refractivity contribution in [1.29, 1.82) is 0 Å². The number of benzene rings is 2. The highest BCUT2D eigenvalue weighted by molar-refractivity contribution is 7.99. The first-order chi connectivity index (χ1) is 13.2. The van der Waals surface area contributed by atoms with Crippen LogP contribution < -0.4 is 0 Å². The van der Waals surface area contributed by atoms with Gasteiger partial charge < -0.3 is 4.57 Å². The largest absolute Gasteiger partial charge is 0.311 e. The van der Waals surface area contributed by atoms with E-state index in [-0.39, 0.29) is 11.6 Å². The van der Waals surface area contributed by atoms with Gasteiger partial charge in [-0.1, -0.05) is 24.3 Å². The fourth-order valence-corrected chi connectivity index (χ4v) is 3.72. The Morgan fingerprint density at radius 1 is 0.815 bits per heavy atom. The summed E-state index contributed by atoms with van der Waals surface area (Å²) in [6, 6.07) is 12.9. The summed E-state index contributed by atoms with van der Waals surface area (Å²) < 4.78 is 28.0. The predicted molar refractivity (Wildman–Crippen MR) is 102 cm³/mol. The number of fused-ring (bicyclic) bond motifs is 1. The Balaban J connectivity index is 1.48. The molecule has 0 radical (unpaired) electrons. The molecule has 0 saturated carbocycles. The summed E-state index contributed by atoms with van der Waals surface area (Å²) in [5.41, 5.74) is 3.55. The molecule has 136 valence electrons. The van der Waals surface area contributed by atoms with Crippen molar-refractivity contribution in [2.24, 2.45) is 0 Å². The lowest BCUT2D eigenvalue weighted by Gasteiger charge is -2.05. The average Bonchev–Trinajstić information content (AvgIpc) is 3.09. The van der Waals surface area contributed by atoms with E-state index in [4.69, 9.17) is 0 Å². The van der Waals surface area contributed by atoms with Crippen LogP contribution in [0.15, 0.2) is 66.2 Å². The summed E-state index contributed by atoms with van der Waals surface area (Å²) in [7, 11) is 0. The van der Waals surface area contributed by atoms with Crippen LogP contribution in [-0.4, -0.2) is 25.3 Å². The van der Waals surface area contributed by atoms with E-state index in [9.17, 15) is 8.78 Å². The standard InChI is InChI=1S/C20H16F2N4S/c21-16-5-1-14(2-6-16)9-10-27-20-18-19(23-12-24-20)26(13-25-18)11-15-3-7-17(22)8-4-15/h1-8,12-13H,9-11H2. The molecule has 0 atom stereocenters. The number of rotatable bonds is 6. The third kappa shape index (κ3) is 4.14. The zero-order chi connectivity index (χ0) is 18.6. The zero-order valence-corrected chi connectivity index (χ0v) is 15.2. The normalized spacial score (nSPS) is 11.2. The molecule has 0 aliphatic rings. The highest BCUT2D eigenvalue weighted by Gasteiger charge is 2.11. The lowest BCUT2D eigenvalue weighted by atomic mass is 10.2. The van der Waals surface area contributed by atoms with Gasteiger partial charge in [0.05, 0.1) is 12.9 Å². The van der Waals surface area contributed by atoms with Gasteiger partial charge >= 0.3 is 0 Å². The molecule has 7 heteroatoms. The van der Waals surface area contributed by atoms with Gasteiger partial charge in [0.25, 0.3) is 0 Å². The monoisotopic (exact) mass is 382 g/mol. The Kier molecular flexibility index (Phi) is 5.11. The molecule has 0 aliphatic carbocycles. The van der Waals surface area contributed by atoms with E-state index >= 15 is 0 Å².